The number of hydrogen-bond donors (Lipinski definition) is 3. The van der Waals surface area contributed by atoms with Gasteiger partial charge in [-0.15, -0.1) is 24.8 Å². The zero-order valence-corrected chi connectivity index (χ0v) is 12.6. The molecule has 0 aliphatic rings. The first-order valence-corrected chi connectivity index (χ1v) is 6.08. The number of anilines is 1. The average molecular weight is 308 g/mol. The molecule has 0 heterocycles. The van der Waals surface area contributed by atoms with E-state index in [9.17, 15) is 4.79 Å². The van der Waals surface area contributed by atoms with Crippen molar-refractivity contribution in [2.24, 2.45) is 5.73 Å². The first-order valence-electron chi connectivity index (χ1n) is 6.08. The fourth-order valence-corrected chi connectivity index (χ4v) is 1.46. The standard InChI is InChI=1S/C13H21N3O.2ClH/c14-9-4-8-13(17)16-11-5-10-15-12-6-2-1-3-7-12;;/h1-3,6-7,15H,4-5,8-11,14H2,(H,16,17);2*1H. The van der Waals surface area contributed by atoms with Gasteiger partial charge in [0.15, 0.2) is 0 Å². The predicted molar refractivity (Wildman–Crippen MR) is 85.3 cm³/mol. The third-order valence-electron chi connectivity index (χ3n) is 2.39. The van der Waals surface area contributed by atoms with Crippen molar-refractivity contribution in [1.82, 2.24) is 5.32 Å². The lowest BCUT2D eigenvalue weighted by molar-refractivity contribution is -0.121. The fourth-order valence-electron chi connectivity index (χ4n) is 1.46. The monoisotopic (exact) mass is 307 g/mol. The summed E-state index contributed by atoms with van der Waals surface area (Å²) in [4.78, 5) is 11.2. The highest BCUT2D eigenvalue weighted by Crippen LogP contribution is 2.04. The highest BCUT2D eigenvalue weighted by atomic mass is 35.5. The van der Waals surface area contributed by atoms with Crippen LogP contribution in [0.3, 0.4) is 0 Å². The minimum absolute atomic E-state index is 0. The Hall–Kier alpha value is -0.970. The van der Waals surface area contributed by atoms with Gasteiger partial charge in [0.25, 0.3) is 0 Å². The lowest BCUT2D eigenvalue weighted by Gasteiger charge is -2.07. The smallest absolute Gasteiger partial charge is 0.220 e. The molecule has 4 nitrogen and oxygen atoms in total. The summed E-state index contributed by atoms with van der Waals surface area (Å²) in [6.45, 7) is 2.15. The number of hydrogen-bond acceptors (Lipinski definition) is 3. The van der Waals surface area contributed by atoms with Gasteiger partial charge in [-0.3, -0.25) is 4.79 Å². The highest BCUT2D eigenvalue weighted by molar-refractivity contribution is 5.85. The number of halogens is 2. The molecular weight excluding hydrogens is 285 g/mol. The van der Waals surface area contributed by atoms with Crippen LogP contribution in [0.1, 0.15) is 19.3 Å². The van der Waals surface area contributed by atoms with Gasteiger partial charge in [-0.05, 0) is 31.5 Å². The van der Waals surface area contributed by atoms with Crippen LogP contribution in [0.5, 0.6) is 0 Å². The fraction of sp³-hybridized carbons (Fsp3) is 0.462. The minimum atomic E-state index is 0. The second kappa shape index (κ2) is 13.5. The van der Waals surface area contributed by atoms with Gasteiger partial charge in [0, 0.05) is 25.2 Å². The number of nitrogens with two attached hydrogens (primary N) is 1. The van der Waals surface area contributed by atoms with E-state index in [0.29, 0.717) is 19.5 Å². The van der Waals surface area contributed by atoms with Crippen LogP contribution in [0.2, 0.25) is 0 Å². The summed E-state index contributed by atoms with van der Waals surface area (Å²) in [5.74, 6) is 0.0927. The Labute approximate surface area is 127 Å². The lowest BCUT2D eigenvalue weighted by atomic mass is 10.3. The number of amides is 1. The summed E-state index contributed by atoms with van der Waals surface area (Å²) < 4.78 is 0. The summed E-state index contributed by atoms with van der Waals surface area (Å²) in [7, 11) is 0. The second-order valence-corrected chi connectivity index (χ2v) is 3.89. The molecule has 1 aromatic rings. The summed E-state index contributed by atoms with van der Waals surface area (Å²) in [6.07, 6.45) is 2.21. The van der Waals surface area contributed by atoms with Gasteiger partial charge < -0.3 is 16.4 Å². The Morgan fingerprint density at radius 1 is 1.05 bits per heavy atom. The van der Waals surface area contributed by atoms with Crippen molar-refractivity contribution < 1.29 is 4.79 Å². The molecule has 0 unspecified atom stereocenters. The number of nitrogens with one attached hydrogen (secondary N) is 2. The Morgan fingerprint density at radius 2 is 1.74 bits per heavy atom. The number of benzene rings is 1. The molecule has 4 N–H and O–H groups in total. The maximum Gasteiger partial charge on any atom is 0.220 e. The average Bonchev–Trinajstić information content (AvgIpc) is 2.37. The first kappa shape index (κ1) is 20.3. The SMILES string of the molecule is Cl.Cl.NCCCC(=O)NCCCNc1ccccc1. The van der Waals surface area contributed by atoms with Crippen molar-refractivity contribution >= 4 is 36.4 Å². The molecule has 0 atom stereocenters. The van der Waals surface area contributed by atoms with Gasteiger partial charge in [0.1, 0.15) is 0 Å². The van der Waals surface area contributed by atoms with Crippen LogP contribution in [0.4, 0.5) is 5.69 Å². The maximum absolute atomic E-state index is 11.2. The Kier molecular flexibility index (Phi) is 14.4. The van der Waals surface area contributed by atoms with E-state index in [1.165, 1.54) is 0 Å². The predicted octanol–water partition coefficient (Wildman–Crippen LogP) is 2.19. The highest BCUT2D eigenvalue weighted by Gasteiger charge is 1.98. The van der Waals surface area contributed by atoms with Gasteiger partial charge in [-0.25, -0.2) is 0 Å². The van der Waals surface area contributed by atoms with Crippen molar-refractivity contribution in [2.45, 2.75) is 19.3 Å². The molecule has 0 bridgehead atoms. The lowest BCUT2D eigenvalue weighted by Crippen LogP contribution is -2.26. The molecule has 0 saturated heterocycles. The van der Waals surface area contributed by atoms with E-state index in [-0.39, 0.29) is 30.7 Å². The van der Waals surface area contributed by atoms with Gasteiger partial charge in [-0.2, -0.15) is 0 Å². The van der Waals surface area contributed by atoms with E-state index in [4.69, 9.17) is 5.73 Å². The summed E-state index contributed by atoms with van der Waals surface area (Å²) in [5, 5.41) is 6.16. The molecule has 1 aromatic carbocycles. The number of carbonyl (C=O) groups excluding carboxylic acids is 1. The molecule has 0 radical (unpaired) electrons. The summed E-state index contributed by atoms with van der Waals surface area (Å²) in [5.41, 5.74) is 6.44. The summed E-state index contributed by atoms with van der Waals surface area (Å²) >= 11 is 0. The van der Waals surface area contributed by atoms with Crippen molar-refractivity contribution in [3.8, 4) is 0 Å². The summed E-state index contributed by atoms with van der Waals surface area (Å²) in [6, 6.07) is 10.0. The molecule has 19 heavy (non-hydrogen) atoms. The molecule has 0 fully saturated rings. The molecule has 0 aromatic heterocycles. The molecule has 0 aliphatic carbocycles. The molecule has 1 rings (SSSR count). The van der Waals surface area contributed by atoms with Crippen LogP contribution >= 0.6 is 24.8 Å². The number of para-hydroxylation sites is 1. The number of carbonyl (C=O) groups is 1. The molecule has 0 aliphatic heterocycles. The van der Waals surface area contributed by atoms with Crippen LogP contribution in [-0.4, -0.2) is 25.5 Å². The Morgan fingerprint density at radius 3 is 2.37 bits per heavy atom. The van der Waals surface area contributed by atoms with Crippen molar-refractivity contribution in [3.63, 3.8) is 0 Å². The Balaban J connectivity index is 0. The molecule has 110 valence electrons. The van der Waals surface area contributed by atoms with Crippen molar-refractivity contribution in [3.05, 3.63) is 30.3 Å². The normalized spacial score (nSPS) is 8.89. The van der Waals surface area contributed by atoms with E-state index >= 15 is 0 Å². The van der Waals surface area contributed by atoms with Gasteiger partial charge >= 0.3 is 0 Å². The van der Waals surface area contributed by atoms with Crippen LogP contribution in [0.15, 0.2) is 30.3 Å². The number of rotatable bonds is 8. The second-order valence-electron chi connectivity index (χ2n) is 3.89. The van der Waals surface area contributed by atoms with Gasteiger partial charge in [-0.1, -0.05) is 18.2 Å². The van der Waals surface area contributed by atoms with E-state index in [0.717, 1.165) is 25.1 Å². The largest absolute Gasteiger partial charge is 0.385 e. The van der Waals surface area contributed by atoms with E-state index in [2.05, 4.69) is 10.6 Å². The quantitative estimate of drug-likeness (QED) is 0.645. The molecular formula is C13H23Cl2N3O. The van der Waals surface area contributed by atoms with Crippen molar-refractivity contribution in [1.29, 1.82) is 0 Å². The minimum Gasteiger partial charge on any atom is -0.385 e. The van der Waals surface area contributed by atoms with Crippen molar-refractivity contribution in [2.75, 3.05) is 25.0 Å². The zero-order valence-electron chi connectivity index (χ0n) is 10.9. The van der Waals surface area contributed by atoms with Crippen LogP contribution in [-0.2, 0) is 4.79 Å². The van der Waals surface area contributed by atoms with Gasteiger partial charge in [0.2, 0.25) is 5.91 Å². The molecule has 0 spiro atoms. The van der Waals surface area contributed by atoms with E-state index < -0.39 is 0 Å². The van der Waals surface area contributed by atoms with Gasteiger partial charge in [0.05, 0.1) is 0 Å². The van der Waals surface area contributed by atoms with E-state index in [1.54, 1.807) is 0 Å². The van der Waals surface area contributed by atoms with Crippen LogP contribution in [0, 0.1) is 0 Å². The maximum atomic E-state index is 11.2. The Bertz CT molecular complexity index is 323. The molecule has 0 saturated carbocycles. The zero-order chi connectivity index (χ0) is 12.3. The first-order chi connectivity index (χ1) is 8.33. The molecule has 1 amide bonds. The van der Waals surface area contributed by atoms with Crippen LogP contribution < -0.4 is 16.4 Å². The molecule has 6 heteroatoms. The van der Waals surface area contributed by atoms with E-state index in [1.807, 2.05) is 30.3 Å². The topological polar surface area (TPSA) is 67.2 Å². The third kappa shape index (κ3) is 10.6. The third-order valence-corrected chi connectivity index (χ3v) is 2.39. The van der Waals surface area contributed by atoms with Crippen LogP contribution in [0.25, 0.3) is 0 Å².